The molecule has 0 aliphatic carbocycles. The van der Waals surface area contributed by atoms with Crippen LogP contribution in [0.15, 0.2) is 59.5 Å². The molecule has 0 aliphatic rings. The van der Waals surface area contributed by atoms with E-state index in [1.807, 2.05) is 54.6 Å². The molecule has 0 aliphatic heterocycles. The zero-order chi connectivity index (χ0) is 11.2. The summed E-state index contributed by atoms with van der Waals surface area (Å²) in [6.45, 7) is 0. The van der Waals surface area contributed by atoms with E-state index in [-0.39, 0.29) is 0 Å². The van der Waals surface area contributed by atoms with Crippen molar-refractivity contribution in [2.24, 2.45) is 0 Å². The third kappa shape index (κ3) is 2.53. The van der Waals surface area contributed by atoms with E-state index < -0.39 is 0 Å². The molecule has 2 rings (SSSR count). The van der Waals surface area contributed by atoms with Crippen molar-refractivity contribution in [3.05, 3.63) is 65.7 Å². The Kier molecular flexibility index (Phi) is 3.42. The second-order valence-electron chi connectivity index (χ2n) is 3.25. The lowest BCUT2D eigenvalue weighted by Crippen LogP contribution is -1.86. The molecule has 16 heavy (non-hydrogen) atoms. The molecule has 0 amide bonds. The van der Waals surface area contributed by atoms with E-state index >= 15 is 0 Å². The minimum absolute atomic E-state index is 0.722. The number of hydrogen-bond donors (Lipinski definition) is 0. The Labute approximate surface area is 98.9 Å². The topological polar surface area (TPSA) is 23.8 Å². The van der Waals surface area contributed by atoms with E-state index in [4.69, 9.17) is 5.26 Å². The van der Waals surface area contributed by atoms with Gasteiger partial charge < -0.3 is 0 Å². The van der Waals surface area contributed by atoms with Crippen molar-refractivity contribution in [1.29, 1.82) is 5.26 Å². The Morgan fingerprint density at radius 2 is 1.62 bits per heavy atom. The van der Waals surface area contributed by atoms with Gasteiger partial charge in [0.15, 0.2) is 0 Å². The van der Waals surface area contributed by atoms with Gasteiger partial charge in [0, 0.05) is 11.6 Å². The van der Waals surface area contributed by atoms with E-state index in [0.29, 0.717) is 0 Å². The third-order valence-electron chi connectivity index (χ3n) is 2.13. The van der Waals surface area contributed by atoms with E-state index in [1.54, 1.807) is 11.4 Å². The van der Waals surface area contributed by atoms with Gasteiger partial charge in [-0.25, -0.2) is 0 Å². The van der Waals surface area contributed by atoms with Gasteiger partial charge in [-0.3, -0.25) is 0 Å². The molecule has 0 unspecified atom stereocenters. The lowest BCUT2D eigenvalue weighted by atomic mass is 10.2. The molecule has 76 valence electrons. The van der Waals surface area contributed by atoms with Crippen molar-refractivity contribution in [1.82, 2.24) is 0 Å². The lowest BCUT2D eigenvalue weighted by Gasteiger charge is -1.85. The Bertz CT molecular complexity index is 538. The SMILES string of the molecule is N#Cc1ccccc1[S+]=Cc1ccccc1. The Morgan fingerprint density at radius 3 is 2.38 bits per heavy atom. The molecule has 0 N–H and O–H groups in total. The summed E-state index contributed by atoms with van der Waals surface area (Å²) in [4.78, 5) is 0.994. The van der Waals surface area contributed by atoms with Gasteiger partial charge in [-0.15, -0.1) is 0 Å². The van der Waals surface area contributed by atoms with Gasteiger partial charge in [-0.05, 0) is 18.2 Å². The second-order valence-corrected chi connectivity index (χ2v) is 4.17. The van der Waals surface area contributed by atoms with Crippen LogP contribution in [0, 0.1) is 11.3 Å². The van der Waals surface area contributed by atoms with E-state index in [2.05, 4.69) is 11.4 Å². The van der Waals surface area contributed by atoms with Crippen LogP contribution in [0.25, 0.3) is 0 Å². The summed E-state index contributed by atoms with van der Waals surface area (Å²) >= 11 is 1.58. The highest BCUT2D eigenvalue weighted by molar-refractivity contribution is 7.77. The van der Waals surface area contributed by atoms with Crippen LogP contribution in [0.3, 0.4) is 0 Å². The first-order chi connectivity index (χ1) is 7.90. The Morgan fingerprint density at radius 1 is 0.938 bits per heavy atom. The predicted molar refractivity (Wildman–Crippen MR) is 68.4 cm³/mol. The molecular weight excluding hydrogens is 214 g/mol. The predicted octanol–water partition coefficient (Wildman–Crippen LogP) is 2.85. The van der Waals surface area contributed by atoms with Gasteiger partial charge in [0.2, 0.25) is 21.6 Å². The van der Waals surface area contributed by atoms with Crippen molar-refractivity contribution in [2.75, 3.05) is 0 Å². The monoisotopic (exact) mass is 224 g/mol. The fraction of sp³-hybridized carbons (Fsp3) is 0. The summed E-state index contributed by atoms with van der Waals surface area (Å²) in [5.74, 6) is 0. The van der Waals surface area contributed by atoms with Crippen molar-refractivity contribution < 1.29 is 0 Å². The van der Waals surface area contributed by atoms with Crippen LogP contribution >= 0.6 is 0 Å². The fourth-order valence-electron chi connectivity index (χ4n) is 1.32. The standard InChI is InChI=1S/C14H10NS/c15-10-13-8-4-5-9-14(13)16-11-12-6-2-1-3-7-12/h1-9,11H/q+1. The first kappa shape index (κ1) is 10.5. The number of benzene rings is 2. The third-order valence-corrected chi connectivity index (χ3v) is 3.13. The van der Waals surface area contributed by atoms with Crippen LogP contribution in [-0.4, -0.2) is 5.37 Å². The van der Waals surface area contributed by atoms with Gasteiger partial charge in [-0.1, -0.05) is 30.3 Å². The van der Waals surface area contributed by atoms with Crippen LogP contribution < -0.4 is 0 Å². The summed E-state index contributed by atoms with van der Waals surface area (Å²) in [6, 6.07) is 19.9. The number of hydrogen-bond acceptors (Lipinski definition) is 1. The van der Waals surface area contributed by atoms with Crippen LogP contribution in [0.1, 0.15) is 11.1 Å². The molecule has 0 fully saturated rings. The summed E-state index contributed by atoms with van der Waals surface area (Å²) < 4.78 is 0. The maximum Gasteiger partial charge on any atom is 0.248 e. The molecule has 2 aromatic rings. The quantitative estimate of drug-likeness (QED) is 0.568. The normalized spacial score (nSPS) is 10.2. The highest BCUT2D eigenvalue weighted by Crippen LogP contribution is 2.07. The molecule has 0 heterocycles. The molecule has 0 aromatic heterocycles. The van der Waals surface area contributed by atoms with Gasteiger partial charge in [-0.2, -0.15) is 5.26 Å². The van der Waals surface area contributed by atoms with Crippen molar-refractivity contribution in [2.45, 2.75) is 4.90 Å². The van der Waals surface area contributed by atoms with E-state index in [9.17, 15) is 0 Å². The van der Waals surface area contributed by atoms with Gasteiger partial charge in [0.1, 0.15) is 11.6 Å². The summed E-state index contributed by atoms with van der Waals surface area (Å²) in [7, 11) is 0. The highest BCUT2D eigenvalue weighted by Gasteiger charge is 2.08. The number of nitriles is 1. The van der Waals surface area contributed by atoms with E-state index in [1.165, 1.54) is 0 Å². The first-order valence-electron chi connectivity index (χ1n) is 4.94. The highest BCUT2D eigenvalue weighted by atomic mass is 32.1. The zero-order valence-electron chi connectivity index (χ0n) is 8.63. The Balaban J connectivity index is 2.28. The maximum absolute atomic E-state index is 8.94. The lowest BCUT2D eigenvalue weighted by molar-refractivity contribution is 1.37. The van der Waals surface area contributed by atoms with Crippen molar-refractivity contribution in [3.8, 4) is 6.07 Å². The van der Waals surface area contributed by atoms with Crippen LogP contribution in [0.5, 0.6) is 0 Å². The smallest absolute Gasteiger partial charge is 0.192 e. The average Bonchev–Trinajstić information content (AvgIpc) is 2.38. The average molecular weight is 224 g/mol. The molecule has 0 radical (unpaired) electrons. The molecule has 0 atom stereocenters. The van der Waals surface area contributed by atoms with E-state index in [0.717, 1.165) is 16.0 Å². The van der Waals surface area contributed by atoms with Gasteiger partial charge in [0.25, 0.3) is 0 Å². The number of rotatable bonds is 2. The molecule has 2 aromatic carbocycles. The molecule has 2 heteroatoms. The van der Waals surface area contributed by atoms with Crippen LogP contribution in [0.2, 0.25) is 0 Å². The van der Waals surface area contributed by atoms with Gasteiger partial charge >= 0.3 is 0 Å². The summed E-state index contributed by atoms with van der Waals surface area (Å²) in [5, 5.41) is 11.0. The molecule has 0 spiro atoms. The van der Waals surface area contributed by atoms with Crippen molar-refractivity contribution >= 4 is 16.7 Å². The van der Waals surface area contributed by atoms with Gasteiger partial charge in [0.05, 0.1) is 0 Å². The van der Waals surface area contributed by atoms with Crippen LogP contribution in [-0.2, 0) is 11.4 Å². The van der Waals surface area contributed by atoms with Crippen LogP contribution in [0.4, 0.5) is 0 Å². The molecule has 0 bridgehead atoms. The Hall–Kier alpha value is -1.98. The summed E-state index contributed by atoms with van der Waals surface area (Å²) in [5.41, 5.74) is 1.87. The summed E-state index contributed by atoms with van der Waals surface area (Å²) in [6.07, 6.45) is 0. The molecule has 1 nitrogen and oxygen atoms in total. The second kappa shape index (κ2) is 5.20. The van der Waals surface area contributed by atoms with Crippen molar-refractivity contribution in [3.63, 3.8) is 0 Å². The molecule has 0 saturated carbocycles. The molecule has 0 saturated heterocycles. The largest absolute Gasteiger partial charge is 0.248 e. The minimum atomic E-state index is 0.722. The number of nitrogens with zero attached hydrogens (tertiary/aromatic N) is 1. The minimum Gasteiger partial charge on any atom is -0.192 e. The molecular formula is C14H10NS+. The first-order valence-corrected chi connectivity index (χ1v) is 5.82. The maximum atomic E-state index is 8.94. The zero-order valence-corrected chi connectivity index (χ0v) is 9.45. The fourth-order valence-corrected chi connectivity index (χ4v) is 2.14.